The number of rotatable bonds is 5. The van der Waals surface area contributed by atoms with Gasteiger partial charge in [0.1, 0.15) is 5.65 Å². The molecule has 0 saturated carbocycles. The van der Waals surface area contributed by atoms with Crippen LogP contribution in [0.15, 0.2) is 24.4 Å². The van der Waals surface area contributed by atoms with Crippen LogP contribution in [0.25, 0.3) is 5.65 Å². The van der Waals surface area contributed by atoms with Crippen molar-refractivity contribution in [2.24, 2.45) is 11.8 Å². The average Bonchev–Trinajstić information content (AvgIpc) is 2.98. The van der Waals surface area contributed by atoms with E-state index in [-0.39, 0.29) is 30.7 Å². The van der Waals surface area contributed by atoms with E-state index < -0.39 is 0 Å². The number of fused-ring (bicyclic) bond motifs is 1. The van der Waals surface area contributed by atoms with Gasteiger partial charge < -0.3 is 15.0 Å². The van der Waals surface area contributed by atoms with Gasteiger partial charge in [-0.15, -0.1) is 24.8 Å². The molecule has 0 aliphatic carbocycles. The van der Waals surface area contributed by atoms with E-state index in [0.29, 0.717) is 24.8 Å². The summed E-state index contributed by atoms with van der Waals surface area (Å²) < 4.78 is 2.05. The van der Waals surface area contributed by atoms with Crippen molar-refractivity contribution < 1.29 is 4.79 Å². The standard InChI is InChI=1S/C18H26N4O.2ClH/c1-13(15-6-8-19-9-7-15)10-18(23)20-11-16-12-22-14(2)4-3-5-17(22)21-16;;/h3-5,12-13,15,19H,6-11H2,1-2H3,(H,20,23);2*1H. The molecule has 2 aromatic heterocycles. The van der Waals surface area contributed by atoms with Gasteiger partial charge in [0.25, 0.3) is 0 Å². The Balaban J connectivity index is 0.00000156. The Hall–Kier alpha value is -1.30. The zero-order valence-electron chi connectivity index (χ0n) is 14.8. The normalized spacial score (nSPS) is 15.9. The SMILES string of the molecule is Cc1cccc2nc(CNC(=O)CC(C)C3CCNCC3)cn12.Cl.Cl. The number of hydrogen-bond donors (Lipinski definition) is 2. The summed E-state index contributed by atoms with van der Waals surface area (Å²) in [5, 5.41) is 6.39. The van der Waals surface area contributed by atoms with Gasteiger partial charge in [-0.3, -0.25) is 4.79 Å². The Bertz CT molecular complexity index is 683. The van der Waals surface area contributed by atoms with Crippen molar-refractivity contribution >= 4 is 36.4 Å². The number of nitrogens with zero attached hydrogens (tertiary/aromatic N) is 2. The van der Waals surface area contributed by atoms with Gasteiger partial charge in [0.15, 0.2) is 0 Å². The fourth-order valence-electron chi connectivity index (χ4n) is 3.42. The van der Waals surface area contributed by atoms with E-state index in [9.17, 15) is 4.79 Å². The first-order chi connectivity index (χ1) is 11.1. The quantitative estimate of drug-likeness (QED) is 0.829. The molecule has 1 unspecified atom stereocenters. The van der Waals surface area contributed by atoms with Crippen molar-refractivity contribution in [3.05, 3.63) is 35.8 Å². The Morgan fingerprint density at radius 3 is 2.76 bits per heavy atom. The Morgan fingerprint density at radius 1 is 1.36 bits per heavy atom. The lowest BCUT2D eigenvalue weighted by atomic mass is 9.84. The number of aromatic nitrogens is 2. The fraction of sp³-hybridized carbons (Fsp3) is 0.556. The van der Waals surface area contributed by atoms with Crippen molar-refractivity contribution in [1.82, 2.24) is 20.0 Å². The molecule has 7 heteroatoms. The lowest BCUT2D eigenvalue weighted by molar-refractivity contribution is -0.122. The molecule has 3 rings (SSSR count). The molecule has 0 spiro atoms. The number of imidazole rings is 1. The average molecular weight is 387 g/mol. The van der Waals surface area contributed by atoms with Crippen LogP contribution in [0.4, 0.5) is 0 Å². The van der Waals surface area contributed by atoms with Crippen LogP contribution in [0.1, 0.15) is 37.6 Å². The van der Waals surface area contributed by atoms with Crippen LogP contribution in [0.3, 0.4) is 0 Å². The second-order valence-electron chi connectivity index (χ2n) is 6.67. The minimum atomic E-state index is 0. The maximum absolute atomic E-state index is 12.2. The minimum Gasteiger partial charge on any atom is -0.350 e. The van der Waals surface area contributed by atoms with Crippen LogP contribution in [-0.2, 0) is 11.3 Å². The molecule has 1 saturated heterocycles. The van der Waals surface area contributed by atoms with E-state index in [4.69, 9.17) is 0 Å². The zero-order chi connectivity index (χ0) is 16.2. The van der Waals surface area contributed by atoms with Gasteiger partial charge in [0.2, 0.25) is 5.91 Å². The van der Waals surface area contributed by atoms with Gasteiger partial charge >= 0.3 is 0 Å². The summed E-state index contributed by atoms with van der Waals surface area (Å²) in [6.07, 6.45) is 4.97. The Morgan fingerprint density at radius 2 is 2.08 bits per heavy atom. The molecule has 1 amide bonds. The second kappa shape index (κ2) is 10.00. The molecular formula is C18H28Cl2N4O. The monoisotopic (exact) mass is 386 g/mol. The van der Waals surface area contributed by atoms with Crippen molar-refractivity contribution in [2.75, 3.05) is 13.1 Å². The fourth-order valence-corrected chi connectivity index (χ4v) is 3.42. The molecule has 1 fully saturated rings. The van der Waals surface area contributed by atoms with Crippen molar-refractivity contribution in [3.8, 4) is 0 Å². The third kappa shape index (κ3) is 5.59. The number of aryl methyl sites for hydroxylation is 1. The van der Waals surface area contributed by atoms with Crippen LogP contribution < -0.4 is 10.6 Å². The summed E-state index contributed by atoms with van der Waals surface area (Å²) in [4.78, 5) is 16.7. The summed E-state index contributed by atoms with van der Waals surface area (Å²) >= 11 is 0. The van der Waals surface area contributed by atoms with Crippen molar-refractivity contribution in [2.45, 2.75) is 39.7 Å². The maximum atomic E-state index is 12.2. The van der Waals surface area contributed by atoms with Crippen LogP contribution in [-0.4, -0.2) is 28.4 Å². The van der Waals surface area contributed by atoms with Gasteiger partial charge in [-0.2, -0.15) is 0 Å². The first-order valence-corrected chi connectivity index (χ1v) is 8.54. The molecule has 5 nitrogen and oxygen atoms in total. The highest BCUT2D eigenvalue weighted by molar-refractivity contribution is 5.85. The largest absolute Gasteiger partial charge is 0.350 e. The highest BCUT2D eigenvalue weighted by Gasteiger charge is 2.21. The summed E-state index contributed by atoms with van der Waals surface area (Å²) in [5.74, 6) is 1.24. The van der Waals surface area contributed by atoms with E-state index in [1.165, 1.54) is 12.8 Å². The van der Waals surface area contributed by atoms with E-state index >= 15 is 0 Å². The number of pyridine rings is 1. The van der Waals surface area contributed by atoms with Crippen molar-refractivity contribution in [1.29, 1.82) is 0 Å². The summed E-state index contributed by atoms with van der Waals surface area (Å²) in [6, 6.07) is 6.04. The number of hydrogen-bond acceptors (Lipinski definition) is 3. The molecule has 2 N–H and O–H groups in total. The number of nitrogens with one attached hydrogen (secondary N) is 2. The summed E-state index contributed by atoms with van der Waals surface area (Å²) in [7, 11) is 0. The third-order valence-electron chi connectivity index (χ3n) is 4.91. The predicted octanol–water partition coefficient (Wildman–Crippen LogP) is 3.13. The van der Waals surface area contributed by atoms with E-state index in [2.05, 4.69) is 39.9 Å². The first kappa shape index (κ1) is 21.7. The summed E-state index contributed by atoms with van der Waals surface area (Å²) in [5.41, 5.74) is 2.98. The predicted molar refractivity (Wildman–Crippen MR) is 106 cm³/mol. The van der Waals surface area contributed by atoms with Crippen LogP contribution in [0, 0.1) is 18.8 Å². The molecule has 0 bridgehead atoms. The lowest BCUT2D eigenvalue weighted by Gasteiger charge is -2.27. The molecule has 3 heterocycles. The molecule has 140 valence electrons. The Kier molecular flexibility index (Phi) is 8.69. The van der Waals surface area contributed by atoms with Crippen LogP contribution in [0.5, 0.6) is 0 Å². The maximum Gasteiger partial charge on any atom is 0.220 e. The number of carbonyl (C=O) groups is 1. The second-order valence-corrected chi connectivity index (χ2v) is 6.67. The molecule has 25 heavy (non-hydrogen) atoms. The molecular weight excluding hydrogens is 359 g/mol. The molecule has 0 radical (unpaired) electrons. The van der Waals surface area contributed by atoms with E-state index in [0.717, 1.165) is 30.1 Å². The van der Waals surface area contributed by atoms with Gasteiger partial charge in [0.05, 0.1) is 12.2 Å². The Labute approximate surface area is 161 Å². The lowest BCUT2D eigenvalue weighted by Crippen LogP contribution is -2.33. The first-order valence-electron chi connectivity index (χ1n) is 8.54. The highest BCUT2D eigenvalue weighted by Crippen LogP contribution is 2.24. The van der Waals surface area contributed by atoms with E-state index in [1.54, 1.807) is 0 Å². The van der Waals surface area contributed by atoms with Crippen LogP contribution >= 0.6 is 24.8 Å². The highest BCUT2D eigenvalue weighted by atomic mass is 35.5. The number of piperidine rings is 1. The van der Waals surface area contributed by atoms with Crippen LogP contribution in [0.2, 0.25) is 0 Å². The number of amides is 1. The molecule has 1 aliphatic heterocycles. The van der Waals surface area contributed by atoms with Gasteiger partial charge in [0, 0.05) is 18.3 Å². The third-order valence-corrected chi connectivity index (χ3v) is 4.91. The molecule has 2 aromatic rings. The van der Waals surface area contributed by atoms with Crippen molar-refractivity contribution in [3.63, 3.8) is 0 Å². The minimum absolute atomic E-state index is 0. The smallest absolute Gasteiger partial charge is 0.220 e. The molecule has 1 atom stereocenters. The van der Waals surface area contributed by atoms with E-state index in [1.807, 2.05) is 18.3 Å². The topological polar surface area (TPSA) is 58.4 Å². The number of halogens is 2. The van der Waals surface area contributed by atoms with Gasteiger partial charge in [-0.25, -0.2) is 4.98 Å². The van der Waals surface area contributed by atoms with Gasteiger partial charge in [-0.1, -0.05) is 13.0 Å². The summed E-state index contributed by atoms with van der Waals surface area (Å²) in [6.45, 7) is 6.91. The molecule has 0 aromatic carbocycles. The zero-order valence-corrected chi connectivity index (χ0v) is 16.5. The molecule has 1 aliphatic rings. The van der Waals surface area contributed by atoms with Gasteiger partial charge in [-0.05, 0) is 56.8 Å². The number of carbonyl (C=O) groups excluding carboxylic acids is 1.